The zero-order chi connectivity index (χ0) is 14.0. The average Bonchev–Trinajstić information content (AvgIpc) is 2.96. The minimum absolute atomic E-state index is 0.149. The molecule has 5 nitrogen and oxygen atoms in total. The molecular weight excluding hydrogens is 284 g/mol. The van der Waals surface area contributed by atoms with Crippen LogP contribution in [-0.2, 0) is 16.6 Å². The molecule has 7 heteroatoms. The van der Waals surface area contributed by atoms with E-state index >= 15 is 0 Å². The van der Waals surface area contributed by atoms with Gasteiger partial charge in [-0.2, -0.15) is 0 Å². The molecule has 0 aliphatic heterocycles. The molecule has 0 spiro atoms. The first-order chi connectivity index (χ1) is 8.94. The number of furan rings is 1. The van der Waals surface area contributed by atoms with Crippen LogP contribution in [0, 0.1) is 6.92 Å². The van der Waals surface area contributed by atoms with E-state index in [1.54, 1.807) is 6.92 Å². The smallest absolute Gasteiger partial charge is 0.244 e. The molecule has 0 aliphatic rings. The highest BCUT2D eigenvalue weighted by atomic mass is 32.2. The van der Waals surface area contributed by atoms with Crippen LogP contribution in [0.1, 0.15) is 29.4 Å². The van der Waals surface area contributed by atoms with Gasteiger partial charge >= 0.3 is 0 Å². The lowest BCUT2D eigenvalue weighted by atomic mass is 10.3. The first-order valence-electron chi connectivity index (χ1n) is 5.79. The van der Waals surface area contributed by atoms with Crippen molar-refractivity contribution >= 4 is 21.4 Å². The Morgan fingerprint density at radius 1 is 1.53 bits per heavy atom. The van der Waals surface area contributed by atoms with Gasteiger partial charge in [-0.3, -0.25) is 0 Å². The molecule has 0 aromatic carbocycles. The molecule has 2 aromatic rings. The van der Waals surface area contributed by atoms with Crippen LogP contribution in [0.2, 0.25) is 0 Å². The number of sulfonamides is 1. The minimum atomic E-state index is -3.60. The first kappa shape index (κ1) is 14.3. The molecule has 1 atom stereocenters. The largest absolute Gasteiger partial charge is 0.464 e. The number of hydrogen-bond acceptors (Lipinski definition) is 5. The van der Waals surface area contributed by atoms with Crippen molar-refractivity contribution in [3.05, 3.63) is 40.0 Å². The number of nitrogens with one attached hydrogen (secondary N) is 1. The molecule has 19 heavy (non-hydrogen) atoms. The number of rotatable bonds is 5. The van der Waals surface area contributed by atoms with E-state index in [4.69, 9.17) is 10.2 Å². The van der Waals surface area contributed by atoms with Gasteiger partial charge in [-0.1, -0.05) is 6.07 Å². The maximum Gasteiger partial charge on any atom is 0.244 e. The molecule has 2 heterocycles. The SMILES string of the molecule is Cc1oc(CN)cc1S(=O)(=O)NC(C)c1cccs1. The Labute approximate surface area is 116 Å². The van der Waals surface area contributed by atoms with E-state index in [1.807, 2.05) is 24.4 Å². The van der Waals surface area contributed by atoms with Crippen molar-refractivity contribution in [1.29, 1.82) is 0 Å². The highest BCUT2D eigenvalue weighted by Gasteiger charge is 2.23. The number of nitrogens with two attached hydrogens (primary N) is 1. The summed E-state index contributed by atoms with van der Waals surface area (Å²) in [6.45, 7) is 3.60. The van der Waals surface area contributed by atoms with Gasteiger partial charge in [-0.15, -0.1) is 11.3 Å². The lowest BCUT2D eigenvalue weighted by Crippen LogP contribution is -2.26. The second-order valence-corrected chi connectivity index (χ2v) is 6.86. The van der Waals surface area contributed by atoms with Gasteiger partial charge < -0.3 is 10.2 Å². The van der Waals surface area contributed by atoms with Crippen LogP contribution >= 0.6 is 11.3 Å². The summed E-state index contributed by atoms with van der Waals surface area (Å²) < 4.78 is 32.5. The Kier molecular flexibility index (Phi) is 4.10. The molecule has 0 bridgehead atoms. The van der Waals surface area contributed by atoms with E-state index < -0.39 is 10.0 Å². The zero-order valence-corrected chi connectivity index (χ0v) is 12.3. The summed E-state index contributed by atoms with van der Waals surface area (Å²) in [7, 11) is -3.60. The molecule has 0 amide bonds. The van der Waals surface area contributed by atoms with Gasteiger partial charge in [0.15, 0.2) is 0 Å². The van der Waals surface area contributed by atoms with E-state index in [1.165, 1.54) is 17.4 Å². The van der Waals surface area contributed by atoms with Crippen molar-refractivity contribution in [2.45, 2.75) is 31.3 Å². The summed E-state index contributed by atoms with van der Waals surface area (Å²) in [5.41, 5.74) is 5.45. The van der Waals surface area contributed by atoms with Crippen LogP contribution in [0.5, 0.6) is 0 Å². The van der Waals surface area contributed by atoms with E-state index in [2.05, 4.69) is 4.72 Å². The van der Waals surface area contributed by atoms with Crippen molar-refractivity contribution in [2.24, 2.45) is 5.73 Å². The maximum atomic E-state index is 12.3. The average molecular weight is 300 g/mol. The van der Waals surface area contributed by atoms with Gasteiger partial charge in [-0.25, -0.2) is 13.1 Å². The van der Waals surface area contributed by atoms with Crippen molar-refractivity contribution in [3.63, 3.8) is 0 Å². The summed E-state index contributed by atoms with van der Waals surface area (Å²) in [5.74, 6) is 0.813. The Balaban J connectivity index is 2.25. The van der Waals surface area contributed by atoms with E-state index in [9.17, 15) is 8.42 Å². The molecule has 3 N–H and O–H groups in total. The second kappa shape index (κ2) is 5.46. The first-order valence-corrected chi connectivity index (χ1v) is 8.15. The standard InChI is InChI=1S/C12H16N2O3S2/c1-8(11-4-3-5-18-11)14-19(15,16)12-6-10(7-13)17-9(12)2/h3-6,8,14H,7,13H2,1-2H3. The van der Waals surface area contributed by atoms with Gasteiger partial charge in [-0.05, 0) is 25.3 Å². The van der Waals surface area contributed by atoms with Gasteiger partial charge in [0.05, 0.1) is 12.6 Å². The maximum absolute atomic E-state index is 12.3. The van der Waals surface area contributed by atoms with Crippen molar-refractivity contribution in [1.82, 2.24) is 4.72 Å². The molecule has 0 saturated heterocycles. The number of hydrogen-bond donors (Lipinski definition) is 2. The zero-order valence-electron chi connectivity index (χ0n) is 10.7. The number of aryl methyl sites for hydroxylation is 1. The molecule has 0 saturated carbocycles. The van der Waals surface area contributed by atoms with Gasteiger partial charge in [0.1, 0.15) is 16.4 Å². The number of thiophene rings is 1. The summed E-state index contributed by atoms with van der Waals surface area (Å²) in [6.07, 6.45) is 0. The highest BCUT2D eigenvalue weighted by Crippen LogP contribution is 2.24. The van der Waals surface area contributed by atoms with Crippen LogP contribution in [0.15, 0.2) is 32.9 Å². The molecule has 1 unspecified atom stereocenters. The topological polar surface area (TPSA) is 85.3 Å². The quantitative estimate of drug-likeness (QED) is 0.886. The third-order valence-electron chi connectivity index (χ3n) is 2.72. The summed E-state index contributed by atoms with van der Waals surface area (Å²) in [4.78, 5) is 1.11. The van der Waals surface area contributed by atoms with Crippen LogP contribution < -0.4 is 10.5 Å². The lowest BCUT2D eigenvalue weighted by Gasteiger charge is -2.11. The highest BCUT2D eigenvalue weighted by molar-refractivity contribution is 7.89. The molecule has 0 radical (unpaired) electrons. The molecule has 0 aliphatic carbocycles. The van der Waals surface area contributed by atoms with E-state index in [0.29, 0.717) is 11.5 Å². The normalized spacial score (nSPS) is 13.6. The van der Waals surface area contributed by atoms with Crippen molar-refractivity contribution in [3.8, 4) is 0 Å². The van der Waals surface area contributed by atoms with Crippen LogP contribution in [0.4, 0.5) is 0 Å². The van der Waals surface area contributed by atoms with Crippen molar-refractivity contribution in [2.75, 3.05) is 0 Å². The lowest BCUT2D eigenvalue weighted by molar-refractivity contribution is 0.478. The summed E-state index contributed by atoms with van der Waals surface area (Å²) >= 11 is 1.51. The molecular formula is C12H16N2O3S2. The predicted octanol–water partition coefficient (Wildman–Crippen LogP) is 2.15. The van der Waals surface area contributed by atoms with Crippen molar-refractivity contribution < 1.29 is 12.8 Å². The van der Waals surface area contributed by atoms with Crippen LogP contribution in [0.3, 0.4) is 0 Å². The van der Waals surface area contributed by atoms with Gasteiger partial charge in [0.25, 0.3) is 0 Å². The Bertz CT molecular complexity index is 645. The predicted molar refractivity (Wildman–Crippen MR) is 74.4 cm³/mol. The molecule has 2 rings (SSSR count). The Hall–Kier alpha value is -1.15. The summed E-state index contributed by atoms with van der Waals surface area (Å²) in [6, 6.07) is 4.98. The monoisotopic (exact) mass is 300 g/mol. The van der Waals surface area contributed by atoms with E-state index in [-0.39, 0.29) is 17.5 Å². The minimum Gasteiger partial charge on any atom is -0.464 e. The second-order valence-electron chi connectivity index (χ2n) is 4.20. The Morgan fingerprint density at radius 2 is 2.26 bits per heavy atom. The van der Waals surface area contributed by atoms with Gasteiger partial charge in [0.2, 0.25) is 10.0 Å². The fourth-order valence-electron chi connectivity index (χ4n) is 1.78. The van der Waals surface area contributed by atoms with E-state index in [0.717, 1.165) is 4.88 Å². The summed E-state index contributed by atoms with van der Waals surface area (Å²) in [5, 5.41) is 1.91. The van der Waals surface area contributed by atoms with Crippen LogP contribution in [0.25, 0.3) is 0 Å². The molecule has 0 fully saturated rings. The van der Waals surface area contributed by atoms with Gasteiger partial charge in [0, 0.05) is 10.9 Å². The van der Waals surface area contributed by atoms with Crippen LogP contribution in [-0.4, -0.2) is 8.42 Å². The third-order valence-corrected chi connectivity index (χ3v) is 5.42. The third kappa shape index (κ3) is 3.06. The fraction of sp³-hybridized carbons (Fsp3) is 0.333. The molecule has 104 valence electrons. The Morgan fingerprint density at radius 3 is 2.79 bits per heavy atom. The molecule has 2 aromatic heterocycles. The fourth-order valence-corrected chi connectivity index (χ4v) is 4.02.